The molecule has 0 atom stereocenters. The van der Waals surface area contributed by atoms with Gasteiger partial charge in [0.15, 0.2) is 0 Å². The highest BCUT2D eigenvalue weighted by Gasteiger charge is 2.38. The maximum absolute atomic E-state index is 5.63. The molecule has 4 rings (SSSR count). The molecule has 0 fully saturated rings. The van der Waals surface area contributed by atoms with Crippen molar-refractivity contribution >= 4 is 37.5 Å². The van der Waals surface area contributed by atoms with Crippen molar-refractivity contribution in [3.8, 4) is 5.75 Å². The van der Waals surface area contributed by atoms with Gasteiger partial charge in [-0.15, -0.1) is 0 Å². The summed E-state index contributed by atoms with van der Waals surface area (Å²) >= 11 is 0. The van der Waals surface area contributed by atoms with Gasteiger partial charge in [0, 0.05) is 0 Å². The Hall–Kier alpha value is -1.67. The minimum absolute atomic E-state index is 0.999. The quantitative estimate of drug-likeness (QED) is 0.156. The lowest BCUT2D eigenvalue weighted by Crippen LogP contribution is -2.48. The molecule has 228 valence electrons. The highest BCUT2D eigenvalue weighted by atomic mass is 28.3. The van der Waals surface area contributed by atoms with Crippen molar-refractivity contribution in [3.05, 3.63) is 94.5 Å². The van der Waals surface area contributed by atoms with Crippen LogP contribution in [0.4, 0.5) is 0 Å². The van der Waals surface area contributed by atoms with E-state index in [4.69, 9.17) is 4.74 Å². The van der Waals surface area contributed by atoms with Gasteiger partial charge in [-0.05, 0) is 31.4 Å². The smallest absolute Gasteiger partial charge is 0.118 e. The topological polar surface area (TPSA) is 9.23 Å². The number of ether oxygens (including phenoxy) is 1. The summed E-state index contributed by atoms with van der Waals surface area (Å²) in [7, 11) is -3.99. The van der Waals surface area contributed by atoms with Gasteiger partial charge in [-0.25, -0.2) is 0 Å². The summed E-state index contributed by atoms with van der Waals surface area (Å²) in [4.78, 5) is 0. The Bertz CT molecular complexity index is 1120. The number of methoxy groups -OCH3 is 1. The Balaban J connectivity index is 1.56. The third-order valence-electron chi connectivity index (χ3n) is 11.0. The van der Waals surface area contributed by atoms with Crippen molar-refractivity contribution in [1.82, 2.24) is 0 Å². The molecule has 0 saturated heterocycles. The first kappa shape index (κ1) is 33.2. The summed E-state index contributed by atoms with van der Waals surface area (Å²) in [6, 6.07) is 18.1. The van der Waals surface area contributed by atoms with E-state index < -0.39 is 32.3 Å². The normalized spacial score (nSPS) is 17.2. The second-order valence-corrected chi connectivity index (χ2v) is 34.6. The van der Waals surface area contributed by atoms with Crippen LogP contribution in [0.15, 0.2) is 94.5 Å². The molecule has 0 unspecified atom stereocenters. The standard InChI is InChI=1S/C37H58OSi4/c1-38-33-23-25-37(26-24-33)42(30-14-27-39(2,3)34-17-8-9-18-34,31-15-28-40(4,5)35-19-10-11-20-35)32-16-29-41(6,7)36-21-12-13-22-36/h8-13,17,19,21,23-26H,14-16,18,20,22,27-32H2,1-7H3. The zero-order valence-corrected chi connectivity index (χ0v) is 31.9. The van der Waals surface area contributed by atoms with E-state index in [0.717, 1.165) is 5.75 Å². The zero-order chi connectivity index (χ0) is 30.3. The number of hydrogen-bond acceptors (Lipinski definition) is 1. The van der Waals surface area contributed by atoms with Gasteiger partial charge < -0.3 is 4.74 Å². The molecule has 0 saturated carbocycles. The van der Waals surface area contributed by atoms with Gasteiger partial charge in [0.25, 0.3) is 0 Å². The average Bonchev–Trinajstić information content (AvgIpc) is 3.77. The van der Waals surface area contributed by atoms with Crippen LogP contribution in [-0.2, 0) is 0 Å². The molecule has 1 aromatic carbocycles. The average molecular weight is 631 g/mol. The van der Waals surface area contributed by atoms with Crippen molar-refractivity contribution < 1.29 is 4.74 Å². The fourth-order valence-corrected chi connectivity index (χ4v) is 21.6. The first-order valence-corrected chi connectivity index (χ1v) is 28.9. The SMILES string of the molecule is COc1ccc([Si](CCC[Si](C)(C)C2=CC=CC2)(CCC[Si](C)(C)C2=CC=CC2)CCC[Si](C)(C)C2=CC=CC2)cc1. The van der Waals surface area contributed by atoms with E-state index in [9.17, 15) is 0 Å². The first-order chi connectivity index (χ1) is 20.0. The van der Waals surface area contributed by atoms with Crippen LogP contribution in [0.1, 0.15) is 38.5 Å². The number of hydrogen-bond donors (Lipinski definition) is 0. The van der Waals surface area contributed by atoms with Crippen LogP contribution in [0, 0.1) is 0 Å². The molecule has 0 radical (unpaired) electrons. The summed E-state index contributed by atoms with van der Waals surface area (Å²) < 4.78 is 5.63. The van der Waals surface area contributed by atoms with Crippen molar-refractivity contribution in [2.24, 2.45) is 0 Å². The van der Waals surface area contributed by atoms with Crippen LogP contribution in [0.25, 0.3) is 0 Å². The summed E-state index contributed by atoms with van der Waals surface area (Å²) in [5.74, 6) is 0.999. The predicted molar refractivity (Wildman–Crippen MR) is 199 cm³/mol. The fourth-order valence-electron chi connectivity index (χ4n) is 7.69. The molecule has 1 nitrogen and oxygen atoms in total. The number of rotatable bonds is 17. The maximum atomic E-state index is 5.63. The Morgan fingerprint density at radius 1 is 0.524 bits per heavy atom. The van der Waals surface area contributed by atoms with Gasteiger partial charge in [0.1, 0.15) is 5.75 Å². The molecule has 3 aliphatic carbocycles. The molecule has 0 heterocycles. The van der Waals surface area contributed by atoms with Crippen LogP contribution < -0.4 is 9.92 Å². The molecule has 0 N–H and O–H groups in total. The Labute approximate surface area is 262 Å². The van der Waals surface area contributed by atoms with Gasteiger partial charge in [0.05, 0.1) is 39.4 Å². The van der Waals surface area contributed by atoms with Gasteiger partial charge in [0.2, 0.25) is 0 Å². The van der Waals surface area contributed by atoms with Gasteiger partial charge in [-0.1, -0.05) is 182 Å². The second-order valence-electron chi connectivity index (χ2n) is 15.2. The number of allylic oxidation sites excluding steroid dienone is 12. The lowest BCUT2D eigenvalue weighted by atomic mass is 10.3. The summed E-state index contributed by atoms with van der Waals surface area (Å²) in [5.41, 5.74) is 0. The van der Waals surface area contributed by atoms with E-state index in [2.05, 4.69) is 118 Å². The molecular weight excluding hydrogens is 573 g/mol. The summed E-state index contributed by atoms with van der Waals surface area (Å²) in [6.45, 7) is 15.7. The van der Waals surface area contributed by atoms with E-state index in [1.165, 1.54) is 74.8 Å². The van der Waals surface area contributed by atoms with E-state index in [1.807, 2.05) is 0 Å². The van der Waals surface area contributed by atoms with Crippen LogP contribution in [0.3, 0.4) is 0 Å². The molecule has 1 aromatic rings. The van der Waals surface area contributed by atoms with Crippen LogP contribution in [0.5, 0.6) is 5.75 Å². The van der Waals surface area contributed by atoms with E-state index in [0.29, 0.717) is 0 Å². The molecule has 0 aromatic heterocycles. The van der Waals surface area contributed by atoms with Gasteiger partial charge in [-0.2, -0.15) is 0 Å². The lowest BCUT2D eigenvalue weighted by Gasteiger charge is -2.36. The first-order valence-electron chi connectivity index (χ1n) is 16.7. The van der Waals surface area contributed by atoms with E-state index >= 15 is 0 Å². The molecule has 0 aliphatic heterocycles. The molecular formula is C37H58OSi4. The maximum Gasteiger partial charge on any atom is 0.118 e. The molecule has 3 aliphatic rings. The van der Waals surface area contributed by atoms with Gasteiger partial charge in [-0.3, -0.25) is 0 Å². The molecule has 0 amide bonds. The van der Waals surface area contributed by atoms with Crippen LogP contribution in [-0.4, -0.2) is 39.4 Å². The lowest BCUT2D eigenvalue weighted by molar-refractivity contribution is 0.415. The van der Waals surface area contributed by atoms with Crippen molar-refractivity contribution in [2.45, 2.75) is 114 Å². The highest BCUT2D eigenvalue weighted by molar-refractivity contribution is 6.92. The van der Waals surface area contributed by atoms with Crippen molar-refractivity contribution in [1.29, 1.82) is 0 Å². The Morgan fingerprint density at radius 3 is 1.17 bits per heavy atom. The van der Waals surface area contributed by atoms with Crippen molar-refractivity contribution in [3.63, 3.8) is 0 Å². The van der Waals surface area contributed by atoms with Crippen molar-refractivity contribution in [2.75, 3.05) is 7.11 Å². The van der Waals surface area contributed by atoms with E-state index in [-0.39, 0.29) is 0 Å². The third kappa shape index (κ3) is 8.49. The molecule has 5 heteroatoms. The zero-order valence-electron chi connectivity index (χ0n) is 27.9. The second kappa shape index (κ2) is 14.4. The van der Waals surface area contributed by atoms with E-state index in [1.54, 1.807) is 27.9 Å². The summed E-state index contributed by atoms with van der Waals surface area (Å²) in [5, 5.41) is 6.98. The third-order valence-corrected chi connectivity index (χ3v) is 27.6. The number of benzene rings is 1. The van der Waals surface area contributed by atoms with Gasteiger partial charge >= 0.3 is 0 Å². The minimum atomic E-state index is -1.72. The molecule has 0 bridgehead atoms. The Kier molecular flexibility index (Phi) is 11.4. The fraction of sp³-hybridized carbons (Fsp3) is 0.514. The highest BCUT2D eigenvalue weighted by Crippen LogP contribution is 2.37. The monoisotopic (exact) mass is 630 g/mol. The predicted octanol–water partition coefficient (Wildman–Crippen LogP) is 10.9. The molecule has 42 heavy (non-hydrogen) atoms. The largest absolute Gasteiger partial charge is 0.497 e. The molecule has 0 spiro atoms. The minimum Gasteiger partial charge on any atom is -0.497 e. The summed E-state index contributed by atoms with van der Waals surface area (Å²) in [6.07, 6.45) is 29.1. The van der Waals surface area contributed by atoms with Crippen LogP contribution in [0.2, 0.25) is 75.5 Å². The Morgan fingerprint density at radius 2 is 0.881 bits per heavy atom. The van der Waals surface area contributed by atoms with Crippen LogP contribution >= 0.6 is 0 Å².